The summed E-state index contributed by atoms with van der Waals surface area (Å²) in [7, 11) is 0. The first-order chi connectivity index (χ1) is 9.18. The van der Waals surface area contributed by atoms with Gasteiger partial charge in [-0.05, 0) is 0 Å². The molecule has 0 atom stereocenters. The van der Waals surface area contributed by atoms with Gasteiger partial charge in [-0.1, -0.05) is 0 Å². The van der Waals surface area contributed by atoms with Crippen LogP contribution in [0.5, 0.6) is 0 Å². The van der Waals surface area contributed by atoms with Crippen LogP contribution in [0, 0.1) is 0 Å². The molecule has 7 nitrogen and oxygen atoms in total. The number of hydrogen-bond donors (Lipinski definition) is 1. The van der Waals surface area contributed by atoms with Crippen molar-refractivity contribution in [3.8, 4) is 5.13 Å². The molecule has 3 heterocycles. The Kier molecular flexibility index (Phi) is 2.57. The van der Waals surface area contributed by atoms with Crippen molar-refractivity contribution in [3.05, 3.63) is 46.1 Å². The molecule has 1 N–H and O–H groups in total. The molecule has 19 heavy (non-hydrogen) atoms. The number of carbonyl (C=O) groups is 1. The van der Waals surface area contributed by atoms with E-state index in [-0.39, 0.29) is 10.9 Å². The van der Waals surface area contributed by atoms with Crippen molar-refractivity contribution in [2.75, 3.05) is 0 Å². The molecular weight excluding hydrogens is 268 g/mol. The van der Waals surface area contributed by atoms with Crippen LogP contribution in [0.3, 0.4) is 0 Å². The number of carboxylic acids is 1. The molecule has 0 amide bonds. The summed E-state index contributed by atoms with van der Waals surface area (Å²) in [6.45, 7) is 0. The van der Waals surface area contributed by atoms with Crippen molar-refractivity contribution in [2.24, 2.45) is 0 Å². The van der Waals surface area contributed by atoms with Crippen molar-refractivity contribution in [1.29, 1.82) is 0 Å². The number of rotatable bonds is 2. The molecule has 0 fully saturated rings. The van der Waals surface area contributed by atoms with E-state index in [0.29, 0.717) is 10.8 Å². The van der Waals surface area contributed by atoms with Gasteiger partial charge in [-0.15, -0.1) is 11.3 Å². The predicted octanol–water partition coefficient (Wildman–Crippen LogP) is 0.935. The van der Waals surface area contributed by atoms with Gasteiger partial charge in [0.2, 0.25) is 5.43 Å². The summed E-state index contributed by atoms with van der Waals surface area (Å²) in [6, 6.07) is 0. The average molecular weight is 274 g/mol. The molecule has 0 aliphatic carbocycles. The Morgan fingerprint density at radius 1 is 1.37 bits per heavy atom. The van der Waals surface area contributed by atoms with E-state index in [9.17, 15) is 9.59 Å². The summed E-state index contributed by atoms with van der Waals surface area (Å²) in [5.41, 5.74) is -0.603. The Hall–Kier alpha value is -2.61. The molecular formula is C11H6N4O3S. The van der Waals surface area contributed by atoms with Gasteiger partial charge in [-0.3, -0.25) is 9.36 Å². The van der Waals surface area contributed by atoms with Gasteiger partial charge in [-0.2, -0.15) is 0 Å². The summed E-state index contributed by atoms with van der Waals surface area (Å²) in [6.07, 6.45) is 5.43. The Morgan fingerprint density at radius 2 is 2.21 bits per heavy atom. The van der Waals surface area contributed by atoms with Gasteiger partial charge in [0.25, 0.3) is 0 Å². The minimum Gasteiger partial charge on any atom is -0.477 e. The second-order valence-corrected chi connectivity index (χ2v) is 4.49. The first-order valence-corrected chi connectivity index (χ1v) is 6.05. The highest BCUT2D eigenvalue weighted by Crippen LogP contribution is 2.16. The third kappa shape index (κ3) is 1.78. The molecule has 3 rings (SSSR count). The van der Waals surface area contributed by atoms with Crippen LogP contribution >= 0.6 is 11.3 Å². The Balaban J connectivity index is 2.48. The topological polar surface area (TPSA) is 98.0 Å². The molecule has 0 aliphatic rings. The zero-order chi connectivity index (χ0) is 13.4. The number of hydrogen-bond acceptors (Lipinski definition) is 6. The molecule has 0 bridgehead atoms. The second-order valence-electron chi connectivity index (χ2n) is 3.62. The van der Waals surface area contributed by atoms with Crippen molar-refractivity contribution in [3.63, 3.8) is 0 Å². The van der Waals surface area contributed by atoms with E-state index in [0.717, 1.165) is 0 Å². The number of pyridine rings is 1. The minimum atomic E-state index is -1.29. The van der Waals surface area contributed by atoms with Crippen LogP contribution in [0.2, 0.25) is 0 Å². The lowest BCUT2D eigenvalue weighted by Gasteiger charge is -2.07. The van der Waals surface area contributed by atoms with E-state index in [1.54, 1.807) is 11.6 Å². The van der Waals surface area contributed by atoms with Crippen molar-refractivity contribution < 1.29 is 9.90 Å². The van der Waals surface area contributed by atoms with E-state index < -0.39 is 11.4 Å². The van der Waals surface area contributed by atoms with Crippen LogP contribution < -0.4 is 5.43 Å². The fourth-order valence-corrected chi connectivity index (χ4v) is 2.32. The number of aromatic nitrogens is 4. The van der Waals surface area contributed by atoms with Gasteiger partial charge in [0.15, 0.2) is 10.8 Å². The predicted molar refractivity (Wildman–Crippen MR) is 67.8 cm³/mol. The quantitative estimate of drug-likeness (QED) is 0.746. The number of fused-ring (bicyclic) bond motifs is 1. The molecule has 0 unspecified atom stereocenters. The minimum absolute atomic E-state index is 0.151. The second kappa shape index (κ2) is 4.25. The SMILES string of the molecule is O=C(O)c1cn(-c2nccs2)c2ncncc2c1=O. The van der Waals surface area contributed by atoms with E-state index >= 15 is 0 Å². The van der Waals surface area contributed by atoms with Gasteiger partial charge in [0.1, 0.15) is 11.9 Å². The van der Waals surface area contributed by atoms with Crippen molar-refractivity contribution >= 4 is 28.3 Å². The largest absolute Gasteiger partial charge is 0.477 e. The first-order valence-electron chi connectivity index (χ1n) is 5.17. The Labute approximate surface area is 109 Å². The number of nitrogens with zero attached hydrogens (tertiary/aromatic N) is 4. The zero-order valence-corrected chi connectivity index (χ0v) is 10.2. The van der Waals surface area contributed by atoms with E-state index in [4.69, 9.17) is 5.11 Å². The van der Waals surface area contributed by atoms with E-state index in [2.05, 4.69) is 15.0 Å². The summed E-state index contributed by atoms with van der Waals surface area (Å²) in [5.74, 6) is -1.29. The molecule has 0 saturated carbocycles. The molecule has 0 saturated heterocycles. The molecule has 3 aromatic heterocycles. The van der Waals surface area contributed by atoms with Crippen molar-refractivity contribution in [2.45, 2.75) is 0 Å². The van der Waals surface area contributed by atoms with Gasteiger partial charge in [0, 0.05) is 24.0 Å². The fraction of sp³-hybridized carbons (Fsp3) is 0. The monoisotopic (exact) mass is 274 g/mol. The van der Waals surface area contributed by atoms with Crippen LogP contribution in [0.1, 0.15) is 10.4 Å². The van der Waals surface area contributed by atoms with Crippen LogP contribution in [0.15, 0.2) is 35.1 Å². The van der Waals surface area contributed by atoms with Crippen LogP contribution in [0.4, 0.5) is 0 Å². The highest BCUT2D eigenvalue weighted by Gasteiger charge is 2.16. The van der Waals surface area contributed by atoms with E-state index in [1.807, 2.05) is 0 Å². The van der Waals surface area contributed by atoms with Gasteiger partial charge < -0.3 is 5.11 Å². The zero-order valence-electron chi connectivity index (χ0n) is 9.35. The Bertz CT molecular complexity index is 826. The third-order valence-corrected chi connectivity index (χ3v) is 3.29. The summed E-state index contributed by atoms with van der Waals surface area (Å²) >= 11 is 1.31. The summed E-state index contributed by atoms with van der Waals surface area (Å²) in [5, 5.41) is 11.5. The normalized spacial score (nSPS) is 10.7. The summed E-state index contributed by atoms with van der Waals surface area (Å²) < 4.78 is 1.48. The first kappa shape index (κ1) is 11.5. The van der Waals surface area contributed by atoms with Gasteiger partial charge >= 0.3 is 5.97 Å². The van der Waals surface area contributed by atoms with E-state index in [1.165, 1.54) is 34.6 Å². The average Bonchev–Trinajstić information content (AvgIpc) is 2.93. The molecule has 8 heteroatoms. The lowest BCUT2D eigenvalue weighted by molar-refractivity contribution is 0.0695. The standard InChI is InChI=1S/C11H6N4O3S/c16-8-6-3-12-5-14-9(6)15(4-7(8)10(17)18)11-13-1-2-19-11/h1-5H,(H,17,18). The molecule has 0 radical (unpaired) electrons. The molecule has 3 aromatic rings. The van der Waals surface area contributed by atoms with Crippen LogP contribution in [0.25, 0.3) is 16.2 Å². The third-order valence-electron chi connectivity index (χ3n) is 2.52. The van der Waals surface area contributed by atoms with Crippen LogP contribution in [-0.4, -0.2) is 30.6 Å². The number of carboxylic acid groups (broad SMARTS) is 1. The highest BCUT2D eigenvalue weighted by molar-refractivity contribution is 7.12. The van der Waals surface area contributed by atoms with Crippen molar-refractivity contribution in [1.82, 2.24) is 19.5 Å². The number of aromatic carboxylic acids is 1. The molecule has 0 aromatic carbocycles. The maximum atomic E-state index is 12.0. The lowest BCUT2D eigenvalue weighted by atomic mass is 10.2. The van der Waals surface area contributed by atoms with Gasteiger partial charge in [0.05, 0.1) is 5.39 Å². The highest BCUT2D eigenvalue weighted by atomic mass is 32.1. The molecule has 0 spiro atoms. The maximum Gasteiger partial charge on any atom is 0.341 e. The summed E-state index contributed by atoms with van der Waals surface area (Å²) in [4.78, 5) is 35.0. The van der Waals surface area contributed by atoms with Crippen LogP contribution in [-0.2, 0) is 0 Å². The molecule has 94 valence electrons. The molecule has 0 aliphatic heterocycles. The lowest BCUT2D eigenvalue weighted by Crippen LogP contribution is -2.19. The fourth-order valence-electron chi connectivity index (χ4n) is 1.70. The maximum absolute atomic E-state index is 12.0. The number of thiazole rings is 1. The Morgan fingerprint density at radius 3 is 2.89 bits per heavy atom. The van der Waals surface area contributed by atoms with Gasteiger partial charge in [-0.25, -0.2) is 19.7 Å². The smallest absolute Gasteiger partial charge is 0.341 e.